The van der Waals surface area contributed by atoms with Gasteiger partial charge in [0, 0.05) is 6.08 Å². The van der Waals surface area contributed by atoms with Gasteiger partial charge in [0.25, 0.3) is 5.82 Å². The van der Waals surface area contributed by atoms with Crippen molar-refractivity contribution >= 4 is 11.9 Å². The van der Waals surface area contributed by atoms with Crippen LogP contribution in [0.25, 0.3) is 0 Å². The predicted octanol–water partition coefficient (Wildman–Crippen LogP) is 1.23. The molecule has 0 amide bonds. The summed E-state index contributed by atoms with van der Waals surface area (Å²) in [5.41, 5.74) is -1.01. The summed E-state index contributed by atoms with van der Waals surface area (Å²) in [5.74, 6) is -1.93. The Labute approximate surface area is 158 Å². The zero-order chi connectivity index (χ0) is 20.1. The molecule has 1 heterocycles. The molecule has 0 radical (unpaired) electrons. The molecule has 1 aliphatic rings. The largest absolute Gasteiger partial charge is 0.421 e. The Bertz CT molecular complexity index is 965. The van der Waals surface area contributed by atoms with Crippen LogP contribution >= 0.6 is 0 Å². The van der Waals surface area contributed by atoms with E-state index in [0.29, 0.717) is 0 Å². The van der Waals surface area contributed by atoms with E-state index in [9.17, 15) is 19.7 Å². The van der Waals surface area contributed by atoms with Crippen LogP contribution in [0.3, 0.4) is 0 Å². The van der Waals surface area contributed by atoms with Crippen molar-refractivity contribution in [1.29, 1.82) is 0 Å². The van der Waals surface area contributed by atoms with Gasteiger partial charge in [-0.15, -0.1) is 5.10 Å². The number of aryl methyl sites for hydroxylation is 1. The van der Waals surface area contributed by atoms with Gasteiger partial charge in [-0.05, 0) is 29.5 Å². The van der Waals surface area contributed by atoms with Crippen LogP contribution in [0, 0.1) is 17.0 Å². The molecule has 1 atom stereocenters. The third-order valence-electron chi connectivity index (χ3n) is 3.84. The minimum atomic E-state index is -2.00. The topological polar surface area (TPSA) is 139 Å². The number of hydrogen-bond donors (Lipinski definition) is 0. The van der Waals surface area contributed by atoms with Gasteiger partial charge in [-0.2, -0.15) is 0 Å². The second-order valence-corrected chi connectivity index (χ2v) is 5.93. The molecule has 1 aromatic heterocycles. The number of carbonyl (C=O) groups is 2. The lowest BCUT2D eigenvalue weighted by Crippen LogP contribution is -2.42. The monoisotopic (exact) mass is 385 g/mol. The highest BCUT2D eigenvalue weighted by Gasteiger charge is 2.44. The molecule has 0 aliphatic heterocycles. The lowest BCUT2D eigenvalue weighted by molar-refractivity contribution is -0.604. The van der Waals surface area contributed by atoms with Crippen LogP contribution in [0.4, 0.5) is 0 Å². The number of allylic oxidation sites excluding steroid dienone is 2. The van der Waals surface area contributed by atoms with E-state index < -0.39 is 29.1 Å². The first-order valence-corrected chi connectivity index (χ1v) is 8.15. The second kappa shape index (κ2) is 7.78. The average molecular weight is 385 g/mol. The maximum Gasteiger partial charge on any atom is 0.388 e. The summed E-state index contributed by atoms with van der Waals surface area (Å²) in [4.78, 5) is 35.1. The molecule has 1 aromatic carbocycles. The first-order valence-electron chi connectivity index (χ1n) is 8.15. The number of aromatic nitrogens is 4. The molecule has 0 fully saturated rings. The number of rotatable bonds is 6. The van der Waals surface area contributed by atoms with Crippen LogP contribution in [-0.2, 0) is 16.1 Å². The van der Waals surface area contributed by atoms with Crippen molar-refractivity contribution in [3.63, 3.8) is 0 Å². The van der Waals surface area contributed by atoms with Crippen molar-refractivity contribution in [2.24, 2.45) is 0 Å². The highest BCUT2D eigenvalue weighted by atomic mass is 16.7. The van der Waals surface area contributed by atoms with E-state index in [1.807, 2.05) is 6.92 Å². The van der Waals surface area contributed by atoms with Crippen LogP contribution < -0.4 is 4.74 Å². The fourth-order valence-corrected chi connectivity index (χ4v) is 2.41. The minimum Gasteiger partial charge on any atom is -0.421 e. The summed E-state index contributed by atoms with van der Waals surface area (Å²) in [6.45, 7) is 1.28. The fourth-order valence-electron chi connectivity index (χ4n) is 2.41. The van der Waals surface area contributed by atoms with Crippen molar-refractivity contribution < 1.29 is 24.0 Å². The molecule has 0 saturated heterocycles. The Kier molecular flexibility index (Phi) is 5.25. The molecule has 1 aliphatic carbocycles. The van der Waals surface area contributed by atoms with Crippen LogP contribution in [0.15, 0.2) is 48.6 Å². The molecule has 2 aromatic rings. The van der Waals surface area contributed by atoms with Gasteiger partial charge in [0.15, 0.2) is 0 Å². The standard InChI is InChI=1S/C17H15N5O6/c1-12-5-7-13(8-6-12)27-16(24)15-18-19-20-21(15)11-14(23)28-17(22(25)26)9-3-2-4-10-17/h2-9H,10-11H2,1H3. The Balaban J connectivity index is 1.69. The van der Waals surface area contributed by atoms with E-state index in [-0.39, 0.29) is 18.0 Å². The van der Waals surface area contributed by atoms with E-state index >= 15 is 0 Å². The molecule has 144 valence electrons. The Hall–Kier alpha value is -3.89. The summed E-state index contributed by atoms with van der Waals surface area (Å²) >= 11 is 0. The highest BCUT2D eigenvalue weighted by Crippen LogP contribution is 2.23. The minimum absolute atomic E-state index is 0.111. The lowest BCUT2D eigenvalue weighted by Gasteiger charge is -2.22. The van der Waals surface area contributed by atoms with Gasteiger partial charge in [-0.3, -0.25) is 10.1 Å². The van der Waals surface area contributed by atoms with Crippen molar-refractivity contribution in [1.82, 2.24) is 20.2 Å². The summed E-state index contributed by atoms with van der Waals surface area (Å²) < 4.78 is 11.1. The van der Waals surface area contributed by atoms with Gasteiger partial charge in [-0.1, -0.05) is 35.9 Å². The number of nitro groups is 1. The normalized spacial score (nSPS) is 17.9. The zero-order valence-electron chi connectivity index (χ0n) is 14.7. The van der Waals surface area contributed by atoms with E-state index in [4.69, 9.17) is 9.47 Å². The SMILES string of the molecule is Cc1ccc(OC(=O)c2nnnn2CC(=O)OC2([N+](=O)[O-])C=CC=CC2)cc1. The molecule has 1 unspecified atom stereocenters. The van der Waals surface area contributed by atoms with Crippen molar-refractivity contribution in [3.05, 3.63) is 70.1 Å². The summed E-state index contributed by atoms with van der Waals surface area (Å²) in [6.07, 6.45) is 5.60. The predicted molar refractivity (Wildman–Crippen MR) is 92.7 cm³/mol. The van der Waals surface area contributed by atoms with Gasteiger partial charge in [0.2, 0.25) is 0 Å². The smallest absolute Gasteiger partial charge is 0.388 e. The van der Waals surface area contributed by atoms with Crippen LogP contribution in [0.5, 0.6) is 5.75 Å². The van der Waals surface area contributed by atoms with Gasteiger partial charge in [0.1, 0.15) is 12.3 Å². The van der Waals surface area contributed by atoms with E-state index in [2.05, 4.69) is 15.5 Å². The molecule has 0 saturated carbocycles. The number of carbonyl (C=O) groups excluding carboxylic acids is 2. The van der Waals surface area contributed by atoms with Gasteiger partial charge < -0.3 is 9.47 Å². The van der Waals surface area contributed by atoms with E-state index in [1.54, 1.807) is 30.3 Å². The number of ether oxygens (including phenoxy) is 2. The summed E-state index contributed by atoms with van der Waals surface area (Å²) in [5, 5.41) is 21.8. The van der Waals surface area contributed by atoms with E-state index in [0.717, 1.165) is 10.2 Å². The van der Waals surface area contributed by atoms with E-state index in [1.165, 1.54) is 18.2 Å². The summed E-state index contributed by atoms with van der Waals surface area (Å²) in [6, 6.07) is 6.71. The molecule has 11 heteroatoms. The molecule has 3 rings (SSSR count). The number of tetrazole rings is 1. The van der Waals surface area contributed by atoms with Gasteiger partial charge in [-0.25, -0.2) is 14.3 Å². The number of esters is 2. The third kappa shape index (κ3) is 4.09. The second-order valence-electron chi connectivity index (χ2n) is 5.93. The molecular formula is C17H15N5O6. The zero-order valence-corrected chi connectivity index (χ0v) is 14.7. The maximum atomic E-state index is 12.3. The molecule has 0 spiro atoms. The molecule has 0 N–H and O–H groups in total. The maximum absolute atomic E-state index is 12.3. The molecular weight excluding hydrogens is 370 g/mol. The molecule has 11 nitrogen and oxygen atoms in total. The summed E-state index contributed by atoms with van der Waals surface area (Å²) in [7, 11) is 0. The van der Waals surface area contributed by atoms with Crippen LogP contribution in [-0.4, -0.2) is 42.8 Å². The first-order chi connectivity index (χ1) is 13.4. The number of hydrogen-bond acceptors (Lipinski definition) is 9. The number of nitrogens with zero attached hydrogens (tertiary/aromatic N) is 5. The average Bonchev–Trinajstić information content (AvgIpc) is 3.12. The molecule has 28 heavy (non-hydrogen) atoms. The molecule has 0 bridgehead atoms. The Morgan fingerprint density at radius 3 is 2.68 bits per heavy atom. The Morgan fingerprint density at radius 2 is 2.04 bits per heavy atom. The van der Waals surface area contributed by atoms with Crippen molar-refractivity contribution in [3.8, 4) is 5.75 Å². The van der Waals surface area contributed by atoms with Crippen LogP contribution in [0.1, 0.15) is 22.6 Å². The number of benzene rings is 1. The van der Waals surface area contributed by atoms with Crippen molar-refractivity contribution in [2.75, 3.05) is 0 Å². The highest BCUT2D eigenvalue weighted by molar-refractivity contribution is 5.87. The van der Waals surface area contributed by atoms with Gasteiger partial charge in [0.05, 0.1) is 11.3 Å². The van der Waals surface area contributed by atoms with Crippen molar-refractivity contribution in [2.45, 2.75) is 25.6 Å². The fraction of sp³-hybridized carbons (Fsp3) is 0.235. The third-order valence-corrected chi connectivity index (χ3v) is 3.84. The quantitative estimate of drug-likeness (QED) is 0.236. The first kappa shape index (κ1) is 18.9. The van der Waals surface area contributed by atoms with Crippen LogP contribution in [0.2, 0.25) is 0 Å². The Morgan fingerprint density at radius 1 is 1.29 bits per heavy atom. The van der Waals surface area contributed by atoms with Gasteiger partial charge >= 0.3 is 17.7 Å². The lowest BCUT2D eigenvalue weighted by atomic mass is 10.1.